The van der Waals surface area contributed by atoms with E-state index in [1.54, 1.807) is 0 Å². The zero-order chi connectivity index (χ0) is 15.3. The summed E-state index contributed by atoms with van der Waals surface area (Å²) < 4.78 is 10.9. The maximum Gasteiger partial charge on any atom is 0.333 e. The molecule has 0 spiro atoms. The van der Waals surface area contributed by atoms with Crippen LogP contribution in [-0.2, 0) is 19.8 Å². The minimum absolute atomic E-state index is 0.133. The first-order valence-electron chi connectivity index (χ1n) is 7.58. The number of hydrogen-bond donors (Lipinski definition) is 1. The van der Waals surface area contributed by atoms with Crippen LogP contribution in [-0.4, -0.2) is 32.3 Å². The van der Waals surface area contributed by atoms with Crippen LogP contribution in [0.4, 0.5) is 0 Å². The molecule has 1 aliphatic rings. The van der Waals surface area contributed by atoms with Crippen LogP contribution in [0.5, 0.6) is 0 Å². The van der Waals surface area contributed by atoms with Gasteiger partial charge < -0.3 is 9.47 Å². The molecular weight excluding hydrogens is 266 g/mol. The molecule has 0 amide bonds. The minimum Gasteiger partial charge on any atom is -0.467 e. The van der Waals surface area contributed by atoms with Gasteiger partial charge in [0.1, 0.15) is 0 Å². The third-order valence-electron chi connectivity index (χ3n) is 3.70. The molecule has 0 radical (unpaired) electrons. The van der Waals surface area contributed by atoms with Crippen LogP contribution >= 0.6 is 0 Å². The summed E-state index contributed by atoms with van der Waals surface area (Å²) in [6.07, 6.45) is 2.46. The second kappa shape index (κ2) is 7.05. The minimum atomic E-state index is -0.945. The second-order valence-corrected chi connectivity index (χ2v) is 6.02. The van der Waals surface area contributed by atoms with Gasteiger partial charge in [0.15, 0.2) is 5.54 Å². The van der Waals surface area contributed by atoms with E-state index in [1.807, 2.05) is 44.2 Å². The number of hydrogen-bond acceptors (Lipinski definition) is 4. The topological polar surface area (TPSA) is 47.6 Å². The van der Waals surface area contributed by atoms with Crippen molar-refractivity contribution in [3.05, 3.63) is 35.9 Å². The average Bonchev–Trinajstić information content (AvgIpc) is 3.30. The number of benzene rings is 1. The molecule has 0 heterocycles. The van der Waals surface area contributed by atoms with Crippen LogP contribution in [0.2, 0.25) is 0 Å². The van der Waals surface area contributed by atoms with Gasteiger partial charge in [0, 0.05) is 12.6 Å². The summed E-state index contributed by atoms with van der Waals surface area (Å²) in [5.41, 5.74) is -0.0691. The highest BCUT2D eigenvalue weighted by molar-refractivity contribution is 5.83. The first-order chi connectivity index (χ1) is 10.1. The zero-order valence-corrected chi connectivity index (χ0v) is 13.1. The van der Waals surface area contributed by atoms with Gasteiger partial charge in [0.25, 0.3) is 0 Å². The number of esters is 1. The monoisotopic (exact) mass is 291 g/mol. The molecule has 1 unspecified atom stereocenters. The van der Waals surface area contributed by atoms with Gasteiger partial charge in [-0.05, 0) is 38.2 Å². The normalized spacial score (nSPS) is 17.5. The van der Waals surface area contributed by atoms with Crippen molar-refractivity contribution >= 4 is 5.97 Å². The summed E-state index contributed by atoms with van der Waals surface area (Å²) in [6.45, 7) is 5.03. The van der Waals surface area contributed by atoms with Crippen LogP contribution in [0.15, 0.2) is 30.3 Å². The molecule has 4 nitrogen and oxygen atoms in total. The molecule has 1 N–H and O–H groups in total. The maximum atomic E-state index is 12.5. The molecule has 1 fully saturated rings. The van der Waals surface area contributed by atoms with Crippen molar-refractivity contribution in [1.82, 2.24) is 5.32 Å². The molecule has 1 aromatic carbocycles. The standard InChI is InChI=1S/C17H25NO3/c1-13(2)18-17(16(19)20-3,12-21-11-14-9-10-14)15-7-5-4-6-8-15/h4-8,13-14,18H,9-12H2,1-3H3. The highest BCUT2D eigenvalue weighted by Gasteiger charge is 2.42. The zero-order valence-electron chi connectivity index (χ0n) is 13.1. The third-order valence-corrected chi connectivity index (χ3v) is 3.70. The molecule has 0 aromatic heterocycles. The Morgan fingerprint density at radius 3 is 2.52 bits per heavy atom. The van der Waals surface area contributed by atoms with Gasteiger partial charge in [-0.25, -0.2) is 4.79 Å². The molecule has 1 saturated carbocycles. The SMILES string of the molecule is COC(=O)C(COCC1CC1)(NC(C)C)c1ccccc1. The first-order valence-corrected chi connectivity index (χ1v) is 7.58. The van der Waals surface area contributed by atoms with Crippen molar-refractivity contribution in [2.75, 3.05) is 20.3 Å². The Morgan fingerprint density at radius 1 is 1.33 bits per heavy atom. The van der Waals surface area contributed by atoms with Crippen molar-refractivity contribution in [2.24, 2.45) is 5.92 Å². The summed E-state index contributed by atoms with van der Waals surface area (Å²) in [4.78, 5) is 12.5. The van der Waals surface area contributed by atoms with E-state index in [9.17, 15) is 4.79 Å². The lowest BCUT2D eigenvalue weighted by molar-refractivity contribution is -0.153. The van der Waals surface area contributed by atoms with Crippen LogP contribution < -0.4 is 5.32 Å². The highest BCUT2D eigenvalue weighted by Crippen LogP contribution is 2.30. The fraction of sp³-hybridized carbons (Fsp3) is 0.588. The molecule has 0 bridgehead atoms. The Labute approximate surface area is 126 Å². The van der Waals surface area contributed by atoms with Crippen molar-refractivity contribution < 1.29 is 14.3 Å². The van der Waals surface area contributed by atoms with E-state index in [1.165, 1.54) is 20.0 Å². The summed E-state index contributed by atoms with van der Waals surface area (Å²) in [6, 6.07) is 9.80. The van der Waals surface area contributed by atoms with Crippen molar-refractivity contribution in [3.8, 4) is 0 Å². The van der Waals surface area contributed by atoms with E-state index in [4.69, 9.17) is 9.47 Å². The summed E-state index contributed by atoms with van der Waals surface area (Å²) in [5, 5.41) is 3.35. The number of ether oxygens (including phenoxy) is 2. The predicted octanol–water partition coefficient (Wildman–Crippen LogP) is 2.48. The Kier molecular flexibility index (Phi) is 5.37. The third kappa shape index (κ3) is 4.05. The number of carbonyl (C=O) groups is 1. The smallest absolute Gasteiger partial charge is 0.333 e. The molecule has 1 atom stereocenters. The quantitative estimate of drug-likeness (QED) is 0.748. The lowest BCUT2D eigenvalue weighted by Crippen LogP contribution is -2.55. The molecule has 0 aliphatic heterocycles. The summed E-state index contributed by atoms with van der Waals surface area (Å²) in [5.74, 6) is 0.355. The van der Waals surface area contributed by atoms with Crippen molar-refractivity contribution in [3.63, 3.8) is 0 Å². The van der Waals surface area contributed by atoms with Crippen LogP contribution in [0.1, 0.15) is 32.3 Å². The number of carbonyl (C=O) groups excluding carboxylic acids is 1. The van der Waals surface area contributed by atoms with E-state index in [0.29, 0.717) is 19.1 Å². The first kappa shape index (κ1) is 16.0. The Bertz CT molecular complexity index is 456. The van der Waals surface area contributed by atoms with Gasteiger partial charge in [-0.1, -0.05) is 30.3 Å². The van der Waals surface area contributed by atoms with Gasteiger partial charge in [-0.3, -0.25) is 5.32 Å². The average molecular weight is 291 g/mol. The fourth-order valence-electron chi connectivity index (χ4n) is 2.50. The molecule has 21 heavy (non-hydrogen) atoms. The van der Waals surface area contributed by atoms with Crippen LogP contribution in [0, 0.1) is 5.92 Å². The Hall–Kier alpha value is -1.39. The molecule has 4 heteroatoms. The Balaban J connectivity index is 2.24. The van der Waals surface area contributed by atoms with E-state index in [0.717, 1.165) is 5.56 Å². The van der Waals surface area contributed by atoms with Crippen molar-refractivity contribution in [2.45, 2.75) is 38.3 Å². The Morgan fingerprint density at radius 2 is 2.00 bits per heavy atom. The molecular formula is C17H25NO3. The molecule has 1 aliphatic carbocycles. The highest BCUT2D eigenvalue weighted by atomic mass is 16.5. The van der Waals surface area contributed by atoms with E-state index in [2.05, 4.69) is 5.32 Å². The van der Waals surface area contributed by atoms with Gasteiger partial charge in [0.2, 0.25) is 0 Å². The number of methoxy groups -OCH3 is 1. The lowest BCUT2D eigenvalue weighted by atomic mass is 9.89. The van der Waals surface area contributed by atoms with Gasteiger partial charge >= 0.3 is 5.97 Å². The van der Waals surface area contributed by atoms with E-state index < -0.39 is 5.54 Å². The maximum absolute atomic E-state index is 12.5. The fourth-order valence-corrected chi connectivity index (χ4v) is 2.50. The summed E-state index contributed by atoms with van der Waals surface area (Å²) in [7, 11) is 1.42. The largest absolute Gasteiger partial charge is 0.467 e. The van der Waals surface area contributed by atoms with Crippen LogP contribution in [0.25, 0.3) is 0 Å². The summed E-state index contributed by atoms with van der Waals surface area (Å²) >= 11 is 0. The van der Waals surface area contributed by atoms with E-state index >= 15 is 0 Å². The molecule has 116 valence electrons. The van der Waals surface area contributed by atoms with Gasteiger partial charge in [-0.2, -0.15) is 0 Å². The second-order valence-electron chi connectivity index (χ2n) is 6.02. The predicted molar refractivity (Wildman–Crippen MR) is 82.0 cm³/mol. The number of nitrogens with one attached hydrogen (secondary N) is 1. The molecule has 1 aromatic rings. The van der Waals surface area contributed by atoms with Crippen molar-refractivity contribution in [1.29, 1.82) is 0 Å². The van der Waals surface area contributed by atoms with Gasteiger partial charge in [-0.15, -0.1) is 0 Å². The van der Waals surface area contributed by atoms with E-state index in [-0.39, 0.29) is 12.0 Å². The van der Waals surface area contributed by atoms with Crippen LogP contribution in [0.3, 0.4) is 0 Å². The molecule has 2 rings (SSSR count). The number of rotatable bonds is 8. The molecule has 0 saturated heterocycles. The lowest BCUT2D eigenvalue weighted by Gasteiger charge is -2.34. The van der Waals surface area contributed by atoms with Gasteiger partial charge in [0.05, 0.1) is 13.7 Å².